The lowest BCUT2D eigenvalue weighted by Crippen LogP contribution is -1.94. The Hall–Kier alpha value is -3.79. The van der Waals surface area contributed by atoms with Gasteiger partial charge in [-0.05, 0) is 63.6 Å². The summed E-state index contributed by atoms with van der Waals surface area (Å²) in [5, 5.41) is 11.1. The lowest BCUT2D eigenvalue weighted by Gasteiger charge is -2.12. The smallest absolute Gasteiger partial charge is 0.269 e. The fraction of sp³-hybridized carbons (Fsp3) is 0.0417. The van der Waals surface area contributed by atoms with Crippen LogP contribution in [-0.2, 0) is 4.79 Å². The highest BCUT2D eigenvalue weighted by atomic mass is 16.6. The van der Waals surface area contributed by atoms with Crippen LogP contribution < -0.4 is 0 Å². The zero-order valence-corrected chi connectivity index (χ0v) is 15.3. The first-order chi connectivity index (χ1) is 13.6. The van der Waals surface area contributed by atoms with Crippen molar-refractivity contribution >= 4 is 28.7 Å². The van der Waals surface area contributed by atoms with Crippen LogP contribution in [0.4, 0.5) is 5.69 Å². The second-order valence-electron chi connectivity index (χ2n) is 6.64. The highest BCUT2D eigenvalue weighted by Crippen LogP contribution is 2.50. The number of hydrogen-bond donors (Lipinski definition) is 0. The summed E-state index contributed by atoms with van der Waals surface area (Å²) in [6.45, 7) is 1.80. The van der Waals surface area contributed by atoms with E-state index in [2.05, 4.69) is 0 Å². The molecule has 0 fully saturated rings. The standard InChI is InChI=1S/C24H17NO3/c1-16(15-26)22-20-9-5-6-10-21(20)23(17-7-3-2-4-8-17)24(22)18-11-13-19(14-12-18)25(27)28/h2-15H,1H3/b22-16-. The van der Waals surface area contributed by atoms with Gasteiger partial charge in [0.05, 0.1) is 4.92 Å². The molecule has 3 aromatic carbocycles. The molecule has 0 atom stereocenters. The molecule has 136 valence electrons. The Labute approximate surface area is 162 Å². The molecule has 28 heavy (non-hydrogen) atoms. The zero-order valence-electron chi connectivity index (χ0n) is 15.3. The van der Waals surface area contributed by atoms with Gasteiger partial charge in [0.2, 0.25) is 0 Å². The van der Waals surface area contributed by atoms with Gasteiger partial charge in [0, 0.05) is 12.1 Å². The third kappa shape index (κ3) is 2.85. The quantitative estimate of drug-likeness (QED) is 0.263. The Bertz CT molecular complexity index is 1140. The van der Waals surface area contributed by atoms with Crippen LogP contribution in [0.25, 0.3) is 16.7 Å². The van der Waals surface area contributed by atoms with Gasteiger partial charge in [0.15, 0.2) is 0 Å². The number of fused-ring (bicyclic) bond motifs is 1. The number of non-ortho nitro benzene ring substituents is 1. The molecule has 1 aliphatic rings. The average Bonchev–Trinajstić information content (AvgIpc) is 3.09. The minimum atomic E-state index is -0.410. The Balaban J connectivity index is 2.07. The summed E-state index contributed by atoms with van der Waals surface area (Å²) in [4.78, 5) is 22.3. The molecule has 0 spiro atoms. The molecule has 3 aromatic rings. The number of carbonyl (C=O) groups excluding carboxylic acids is 1. The summed E-state index contributed by atoms with van der Waals surface area (Å²) in [6.07, 6.45) is 0.867. The van der Waals surface area contributed by atoms with Crippen molar-refractivity contribution < 1.29 is 9.72 Å². The van der Waals surface area contributed by atoms with Crippen molar-refractivity contribution in [2.45, 2.75) is 6.92 Å². The van der Waals surface area contributed by atoms with Crippen molar-refractivity contribution in [1.29, 1.82) is 0 Å². The first-order valence-corrected chi connectivity index (χ1v) is 8.92. The molecule has 0 radical (unpaired) electrons. The van der Waals surface area contributed by atoms with Gasteiger partial charge in [0.1, 0.15) is 6.29 Å². The van der Waals surface area contributed by atoms with Crippen molar-refractivity contribution in [3.05, 3.63) is 117 Å². The van der Waals surface area contributed by atoms with Crippen molar-refractivity contribution in [3.8, 4) is 0 Å². The van der Waals surface area contributed by atoms with E-state index in [9.17, 15) is 14.9 Å². The summed E-state index contributed by atoms with van der Waals surface area (Å²) < 4.78 is 0. The van der Waals surface area contributed by atoms with Crippen LogP contribution >= 0.6 is 0 Å². The maximum absolute atomic E-state index is 11.7. The molecule has 4 rings (SSSR count). The number of aldehydes is 1. The van der Waals surface area contributed by atoms with Gasteiger partial charge in [-0.25, -0.2) is 0 Å². The van der Waals surface area contributed by atoms with Gasteiger partial charge in [0.25, 0.3) is 5.69 Å². The van der Waals surface area contributed by atoms with Crippen LogP contribution in [-0.4, -0.2) is 11.2 Å². The molecule has 0 saturated heterocycles. The molecule has 0 bridgehead atoms. The Morgan fingerprint density at radius 2 is 1.36 bits per heavy atom. The molecule has 0 amide bonds. The van der Waals surface area contributed by atoms with E-state index >= 15 is 0 Å². The zero-order chi connectivity index (χ0) is 19.7. The molecule has 4 nitrogen and oxygen atoms in total. The fourth-order valence-electron chi connectivity index (χ4n) is 3.73. The van der Waals surface area contributed by atoms with Crippen LogP contribution in [0.1, 0.15) is 29.2 Å². The third-order valence-electron chi connectivity index (χ3n) is 4.97. The van der Waals surface area contributed by atoms with E-state index in [1.165, 1.54) is 12.1 Å². The van der Waals surface area contributed by atoms with E-state index in [0.29, 0.717) is 5.57 Å². The third-order valence-corrected chi connectivity index (χ3v) is 4.97. The number of benzene rings is 3. The van der Waals surface area contributed by atoms with Gasteiger partial charge < -0.3 is 0 Å². The second-order valence-corrected chi connectivity index (χ2v) is 6.64. The number of nitro groups is 1. The van der Waals surface area contributed by atoms with Gasteiger partial charge in [-0.15, -0.1) is 0 Å². The molecule has 0 N–H and O–H groups in total. The predicted molar refractivity (Wildman–Crippen MR) is 111 cm³/mol. The summed E-state index contributed by atoms with van der Waals surface area (Å²) >= 11 is 0. The monoisotopic (exact) mass is 367 g/mol. The SMILES string of the molecule is C/C(C=O)=C1/C(c2ccc([N+](=O)[O-])cc2)=C(c2ccccc2)c2ccccc21. The second kappa shape index (κ2) is 7.08. The van der Waals surface area contributed by atoms with Gasteiger partial charge in [-0.3, -0.25) is 14.9 Å². The lowest BCUT2D eigenvalue weighted by atomic mass is 9.91. The molecule has 0 aliphatic heterocycles. The topological polar surface area (TPSA) is 60.2 Å². The van der Waals surface area contributed by atoms with Crippen LogP contribution in [0.5, 0.6) is 0 Å². The normalized spacial score (nSPS) is 14.6. The van der Waals surface area contributed by atoms with E-state index in [-0.39, 0.29) is 5.69 Å². The first kappa shape index (κ1) is 17.6. The molecule has 0 heterocycles. The largest absolute Gasteiger partial charge is 0.298 e. The van der Waals surface area contributed by atoms with Crippen LogP contribution in [0, 0.1) is 10.1 Å². The maximum Gasteiger partial charge on any atom is 0.269 e. The van der Waals surface area contributed by atoms with E-state index < -0.39 is 4.92 Å². The lowest BCUT2D eigenvalue weighted by molar-refractivity contribution is -0.384. The average molecular weight is 367 g/mol. The molecule has 0 saturated carbocycles. The number of allylic oxidation sites excluding steroid dienone is 3. The number of rotatable bonds is 4. The van der Waals surface area contributed by atoms with Crippen molar-refractivity contribution in [2.75, 3.05) is 0 Å². The molecule has 0 unspecified atom stereocenters. The van der Waals surface area contributed by atoms with Crippen LogP contribution in [0.15, 0.2) is 84.4 Å². The summed E-state index contributed by atoms with van der Waals surface area (Å²) in [6, 6.07) is 24.5. The van der Waals surface area contributed by atoms with E-state index in [1.54, 1.807) is 19.1 Å². The van der Waals surface area contributed by atoms with Crippen LogP contribution in [0.3, 0.4) is 0 Å². The van der Waals surface area contributed by atoms with Crippen molar-refractivity contribution in [3.63, 3.8) is 0 Å². The van der Waals surface area contributed by atoms with E-state index in [0.717, 1.165) is 45.3 Å². The van der Waals surface area contributed by atoms with Crippen LogP contribution in [0.2, 0.25) is 0 Å². The number of nitro benzene ring substituents is 1. The molecule has 0 aromatic heterocycles. The number of hydrogen-bond acceptors (Lipinski definition) is 3. The van der Waals surface area contributed by atoms with Gasteiger partial charge >= 0.3 is 0 Å². The predicted octanol–water partition coefficient (Wildman–Crippen LogP) is 5.54. The number of carbonyl (C=O) groups is 1. The number of nitrogens with zero attached hydrogens (tertiary/aromatic N) is 1. The van der Waals surface area contributed by atoms with Crippen molar-refractivity contribution in [1.82, 2.24) is 0 Å². The minimum absolute atomic E-state index is 0.0405. The Kier molecular flexibility index (Phi) is 4.45. The van der Waals surface area contributed by atoms with E-state index in [4.69, 9.17) is 0 Å². The Morgan fingerprint density at radius 1 is 0.786 bits per heavy atom. The highest BCUT2D eigenvalue weighted by molar-refractivity contribution is 6.26. The maximum atomic E-state index is 11.7. The Morgan fingerprint density at radius 3 is 1.96 bits per heavy atom. The highest BCUT2D eigenvalue weighted by Gasteiger charge is 2.29. The molecule has 1 aliphatic carbocycles. The summed E-state index contributed by atoms with van der Waals surface area (Å²) in [5.74, 6) is 0. The van der Waals surface area contributed by atoms with Crippen molar-refractivity contribution in [2.24, 2.45) is 0 Å². The molecular weight excluding hydrogens is 350 g/mol. The summed E-state index contributed by atoms with van der Waals surface area (Å²) in [7, 11) is 0. The van der Waals surface area contributed by atoms with Gasteiger partial charge in [-0.1, -0.05) is 54.6 Å². The molecule has 4 heteroatoms. The van der Waals surface area contributed by atoms with E-state index in [1.807, 2.05) is 54.6 Å². The minimum Gasteiger partial charge on any atom is -0.298 e. The van der Waals surface area contributed by atoms with Gasteiger partial charge in [-0.2, -0.15) is 0 Å². The first-order valence-electron chi connectivity index (χ1n) is 8.92. The summed E-state index contributed by atoms with van der Waals surface area (Å²) in [5.41, 5.74) is 7.43. The fourth-order valence-corrected chi connectivity index (χ4v) is 3.73. The molecular formula is C24H17NO3.